The highest BCUT2D eigenvalue weighted by Crippen LogP contribution is 2.43. The second-order valence-electron chi connectivity index (χ2n) is 6.81. The minimum Gasteiger partial charge on any atom is -0.507 e. The Hall–Kier alpha value is -1.36. The molecule has 0 saturated heterocycles. The smallest absolute Gasteiger partial charge is 0.359 e. The highest BCUT2D eigenvalue weighted by molar-refractivity contribution is 7.60. The van der Waals surface area contributed by atoms with E-state index in [0.717, 1.165) is 11.1 Å². The van der Waals surface area contributed by atoms with Crippen LogP contribution >= 0.6 is 7.60 Å². The number of benzene rings is 1. The number of phenolic OH excluding ortho intramolecular Hbond substituents is 1. The maximum atomic E-state index is 11.8. The van der Waals surface area contributed by atoms with E-state index in [2.05, 4.69) is 4.74 Å². The first kappa shape index (κ1) is 21.7. The van der Waals surface area contributed by atoms with Gasteiger partial charge in [-0.3, -0.25) is 9.36 Å². The molecule has 1 aromatic carbocycles. The first-order valence-electron chi connectivity index (χ1n) is 8.50. The Morgan fingerprint density at radius 1 is 1.20 bits per heavy atom. The van der Waals surface area contributed by atoms with Crippen LogP contribution in [0, 0.1) is 0 Å². The van der Waals surface area contributed by atoms with Crippen molar-refractivity contribution in [3.05, 3.63) is 22.8 Å². The molecule has 25 heavy (non-hydrogen) atoms. The number of ether oxygens (including phenoxy) is 1. The van der Waals surface area contributed by atoms with Crippen molar-refractivity contribution in [3.8, 4) is 5.75 Å². The van der Waals surface area contributed by atoms with Crippen molar-refractivity contribution < 1.29 is 29.0 Å². The number of hydrogen-bond acceptors (Lipinski definition) is 4. The lowest BCUT2D eigenvalue weighted by molar-refractivity contribution is -0.140. The minimum atomic E-state index is -4.59. The summed E-state index contributed by atoms with van der Waals surface area (Å²) in [6, 6.07) is 1.44. The van der Waals surface area contributed by atoms with E-state index >= 15 is 0 Å². The van der Waals surface area contributed by atoms with Gasteiger partial charge in [0, 0.05) is 6.42 Å². The van der Waals surface area contributed by atoms with E-state index in [0.29, 0.717) is 37.7 Å². The molecule has 0 atom stereocenters. The van der Waals surface area contributed by atoms with E-state index in [4.69, 9.17) is 0 Å². The van der Waals surface area contributed by atoms with Crippen molar-refractivity contribution in [2.45, 2.75) is 65.2 Å². The lowest BCUT2D eigenvalue weighted by atomic mass is 9.76. The topological polar surface area (TPSA) is 104 Å². The highest BCUT2D eigenvalue weighted by atomic mass is 31.2. The third-order valence-electron chi connectivity index (χ3n) is 4.66. The van der Waals surface area contributed by atoms with E-state index in [1.165, 1.54) is 13.2 Å². The predicted octanol–water partition coefficient (Wildman–Crippen LogP) is 2.94. The largest absolute Gasteiger partial charge is 0.507 e. The zero-order chi connectivity index (χ0) is 19.4. The van der Waals surface area contributed by atoms with Crippen molar-refractivity contribution in [2.75, 3.05) is 7.11 Å². The molecule has 0 aliphatic carbocycles. The standard InChI is InChI=1S/C18H29O6P/c1-6-12-13(7-2)17(20)15(25(21,22)23)11-14(12)18(3,4)10-8-9-16(19)24-5/h11,20H,6-10H2,1-5H3,(H2,21,22,23). The fraction of sp³-hybridized carbons (Fsp3) is 0.611. The van der Waals surface area contributed by atoms with E-state index in [1.807, 2.05) is 27.7 Å². The van der Waals surface area contributed by atoms with Crippen LogP contribution in [-0.2, 0) is 32.4 Å². The number of carbonyl (C=O) groups is 1. The molecule has 1 rings (SSSR count). The Balaban J connectivity index is 3.41. The molecule has 7 heteroatoms. The van der Waals surface area contributed by atoms with E-state index in [9.17, 15) is 24.3 Å². The molecule has 0 unspecified atom stereocenters. The molecule has 0 saturated carbocycles. The van der Waals surface area contributed by atoms with Gasteiger partial charge in [-0.25, -0.2) is 0 Å². The molecule has 142 valence electrons. The van der Waals surface area contributed by atoms with Gasteiger partial charge in [-0.2, -0.15) is 0 Å². The van der Waals surface area contributed by atoms with Gasteiger partial charge in [0.15, 0.2) is 0 Å². The summed E-state index contributed by atoms with van der Waals surface area (Å²) in [4.78, 5) is 30.6. The predicted molar refractivity (Wildman–Crippen MR) is 97.4 cm³/mol. The molecule has 3 N–H and O–H groups in total. The Morgan fingerprint density at radius 3 is 2.20 bits per heavy atom. The van der Waals surface area contributed by atoms with Gasteiger partial charge < -0.3 is 19.6 Å². The number of aromatic hydroxyl groups is 1. The quantitative estimate of drug-likeness (QED) is 0.479. The summed E-state index contributed by atoms with van der Waals surface area (Å²) < 4.78 is 16.5. The lowest BCUT2D eigenvalue weighted by Gasteiger charge is -2.30. The third-order valence-corrected chi connectivity index (χ3v) is 5.63. The number of phenols is 1. The van der Waals surface area contributed by atoms with Gasteiger partial charge in [0.25, 0.3) is 0 Å². The highest BCUT2D eigenvalue weighted by Gasteiger charge is 2.32. The van der Waals surface area contributed by atoms with Crippen molar-refractivity contribution in [1.82, 2.24) is 0 Å². The SMILES string of the molecule is CCc1c(C(C)(C)CCCC(=O)OC)cc(P(=O)(O)O)c(O)c1CC. The number of hydrogen-bond donors (Lipinski definition) is 3. The van der Waals surface area contributed by atoms with Crippen LogP contribution in [0.5, 0.6) is 5.75 Å². The van der Waals surface area contributed by atoms with Crippen LogP contribution in [0.2, 0.25) is 0 Å². The second-order valence-corrected chi connectivity index (χ2v) is 8.38. The van der Waals surface area contributed by atoms with Gasteiger partial charge in [0.2, 0.25) is 0 Å². The van der Waals surface area contributed by atoms with E-state index in [1.54, 1.807) is 0 Å². The van der Waals surface area contributed by atoms with Gasteiger partial charge in [0.1, 0.15) is 11.1 Å². The molecular formula is C18H29O6P. The molecule has 0 spiro atoms. The van der Waals surface area contributed by atoms with E-state index in [-0.39, 0.29) is 17.0 Å². The molecule has 0 amide bonds. The van der Waals surface area contributed by atoms with Crippen molar-refractivity contribution in [2.24, 2.45) is 0 Å². The molecule has 0 aliphatic heterocycles. The molecule has 0 fully saturated rings. The summed E-state index contributed by atoms with van der Waals surface area (Å²) in [5.41, 5.74) is 1.91. The van der Waals surface area contributed by atoms with Crippen LogP contribution in [-0.4, -0.2) is 28.0 Å². The average molecular weight is 372 g/mol. The lowest BCUT2D eigenvalue weighted by Crippen LogP contribution is -2.24. The van der Waals surface area contributed by atoms with Gasteiger partial charge in [-0.1, -0.05) is 27.7 Å². The second kappa shape index (κ2) is 8.35. The summed E-state index contributed by atoms with van der Waals surface area (Å²) in [5, 5.41) is 10.0. The Bertz CT molecular complexity index is 675. The molecule has 0 radical (unpaired) electrons. The summed E-state index contributed by atoms with van der Waals surface area (Å²) >= 11 is 0. The summed E-state index contributed by atoms with van der Waals surface area (Å²) in [6.45, 7) is 7.78. The first-order chi connectivity index (χ1) is 11.5. The van der Waals surface area contributed by atoms with Crippen LogP contribution in [0.15, 0.2) is 6.07 Å². The maximum Gasteiger partial charge on any atom is 0.359 e. The summed E-state index contributed by atoms with van der Waals surface area (Å²) in [5.74, 6) is -0.579. The zero-order valence-corrected chi connectivity index (χ0v) is 16.5. The molecular weight excluding hydrogens is 343 g/mol. The number of carbonyl (C=O) groups excluding carboxylic acids is 1. The summed E-state index contributed by atoms with van der Waals surface area (Å²) in [6.07, 6.45) is 2.69. The molecule has 0 aliphatic rings. The maximum absolute atomic E-state index is 11.8. The first-order valence-corrected chi connectivity index (χ1v) is 10.1. The van der Waals surface area contributed by atoms with Crippen LogP contribution in [0.3, 0.4) is 0 Å². The van der Waals surface area contributed by atoms with Gasteiger partial charge in [-0.05, 0) is 53.9 Å². The van der Waals surface area contributed by atoms with Crippen LogP contribution < -0.4 is 5.30 Å². The average Bonchev–Trinajstić information content (AvgIpc) is 2.52. The van der Waals surface area contributed by atoms with Gasteiger partial charge >= 0.3 is 13.6 Å². The monoisotopic (exact) mass is 372 g/mol. The molecule has 0 heterocycles. The Morgan fingerprint density at radius 2 is 1.76 bits per heavy atom. The van der Waals surface area contributed by atoms with Crippen LogP contribution in [0.1, 0.15) is 63.6 Å². The van der Waals surface area contributed by atoms with Crippen molar-refractivity contribution in [3.63, 3.8) is 0 Å². The fourth-order valence-electron chi connectivity index (χ4n) is 3.27. The van der Waals surface area contributed by atoms with Gasteiger partial charge in [-0.15, -0.1) is 0 Å². The normalized spacial score (nSPS) is 12.3. The van der Waals surface area contributed by atoms with Crippen molar-refractivity contribution in [1.29, 1.82) is 0 Å². The van der Waals surface area contributed by atoms with Crippen molar-refractivity contribution >= 4 is 18.9 Å². The molecule has 6 nitrogen and oxygen atoms in total. The summed E-state index contributed by atoms with van der Waals surface area (Å²) in [7, 11) is -3.24. The Kier molecular flexibility index (Phi) is 7.24. The molecule has 0 bridgehead atoms. The van der Waals surface area contributed by atoms with E-state index < -0.39 is 13.0 Å². The minimum absolute atomic E-state index is 0.276. The van der Waals surface area contributed by atoms with Crippen LogP contribution in [0.4, 0.5) is 0 Å². The number of esters is 1. The van der Waals surface area contributed by atoms with Crippen LogP contribution in [0.25, 0.3) is 0 Å². The third kappa shape index (κ3) is 5.06. The molecule has 0 aromatic heterocycles. The number of methoxy groups -OCH3 is 1. The Labute approximate surface area is 149 Å². The fourth-order valence-corrected chi connectivity index (χ4v) is 3.98. The molecule has 1 aromatic rings. The number of rotatable bonds is 8. The zero-order valence-electron chi connectivity index (χ0n) is 15.6. The van der Waals surface area contributed by atoms with Gasteiger partial charge in [0.05, 0.1) is 7.11 Å².